The Morgan fingerprint density at radius 1 is 0.880 bits per heavy atom. The normalized spacial score (nSPS) is 25.9. The summed E-state index contributed by atoms with van der Waals surface area (Å²) >= 11 is 0. The van der Waals surface area contributed by atoms with Crippen LogP contribution in [0.3, 0.4) is 0 Å². The van der Waals surface area contributed by atoms with Crippen molar-refractivity contribution in [1.29, 1.82) is 0 Å². The lowest BCUT2D eigenvalue weighted by Gasteiger charge is -2.38. The number of hydrogen-bond donors (Lipinski definition) is 0. The topological polar surface area (TPSA) is 78.0 Å². The average molecular weight is 372 g/mol. The van der Waals surface area contributed by atoms with Gasteiger partial charge in [0.1, 0.15) is 0 Å². The molecule has 3 fully saturated rings. The van der Waals surface area contributed by atoms with E-state index < -0.39 is 10.0 Å². The molecule has 2 aliphatic heterocycles. The quantitative estimate of drug-likeness (QED) is 0.706. The van der Waals surface area contributed by atoms with Crippen LogP contribution in [-0.4, -0.2) is 79.4 Å². The number of piperazine rings is 1. The van der Waals surface area contributed by atoms with Gasteiger partial charge in [0.15, 0.2) is 0 Å². The Kier molecular flexibility index (Phi) is 5.68. The number of carbonyl (C=O) groups excluding carboxylic acids is 2. The minimum atomic E-state index is -3.24. The highest BCUT2D eigenvalue weighted by molar-refractivity contribution is 7.89. The highest BCUT2D eigenvalue weighted by Gasteiger charge is 2.37. The van der Waals surface area contributed by atoms with E-state index in [-0.39, 0.29) is 29.4 Å². The molecule has 2 heterocycles. The van der Waals surface area contributed by atoms with Gasteiger partial charge in [0.25, 0.3) is 0 Å². The Labute approximate surface area is 150 Å². The fourth-order valence-electron chi connectivity index (χ4n) is 3.78. The molecular formula is C17H29N3O4S. The second-order valence-corrected chi connectivity index (χ2v) is 9.53. The Morgan fingerprint density at radius 2 is 1.44 bits per heavy atom. The third-order valence-corrected chi connectivity index (χ3v) is 7.46. The summed E-state index contributed by atoms with van der Waals surface area (Å²) in [5.74, 6) is 0.413. The highest BCUT2D eigenvalue weighted by Crippen LogP contribution is 2.31. The summed E-state index contributed by atoms with van der Waals surface area (Å²) in [4.78, 5) is 28.6. The first-order valence-corrected chi connectivity index (χ1v) is 11.1. The molecule has 1 unspecified atom stereocenters. The highest BCUT2D eigenvalue weighted by atomic mass is 32.2. The largest absolute Gasteiger partial charge is 0.339 e. The van der Waals surface area contributed by atoms with Crippen molar-refractivity contribution in [1.82, 2.24) is 14.1 Å². The van der Waals surface area contributed by atoms with Crippen LogP contribution in [0, 0.1) is 11.8 Å². The monoisotopic (exact) mass is 371 g/mol. The molecule has 2 amide bonds. The zero-order valence-corrected chi connectivity index (χ0v) is 15.8. The molecular weight excluding hydrogens is 342 g/mol. The minimum absolute atomic E-state index is 0.0509. The van der Waals surface area contributed by atoms with E-state index in [4.69, 9.17) is 0 Å². The maximum absolute atomic E-state index is 12.8. The van der Waals surface area contributed by atoms with Gasteiger partial charge in [-0.1, -0.05) is 6.92 Å². The van der Waals surface area contributed by atoms with Crippen LogP contribution in [0.2, 0.25) is 0 Å². The van der Waals surface area contributed by atoms with Gasteiger partial charge in [0.2, 0.25) is 21.8 Å². The van der Waals surface area contributed by atoms with Crippen molar-refractivity contribution in [2.45, 2.75) is 39.0 Å². The lowest BCUT2D eigenvalue weighted by Crippen LogP contribution is -2.54. The molecule has 0 bridgehead atoms. The molecule has 142 valence electrons. The number of nitrogens with zero attached hydrogens (tertiary/aromatic N) is 3. The summed E-state index contributed by atoms with van der Waals surface area (Å²) in [6.45, 7) is 5.02. The number of hydrogen-bond acceptors (Lipinski definition) is 4. The number of rotatable bonds is 5. The van der Waals surface area contributed by atoms with E-state index in [1.165, 1.54) is 4.31 Å². The van der Waals surface area contributed by atoms with Crippen molar-refractivity contribution >= 4 is 21.8 Å². The van der Waals surface area contributed by atoms with Gasteiger partial charge in [-0.05, 0) is 32.1 Å². The molecule has 3 aliphatic rings. The SMILES string of the molecule is CCCS(=O)(=O)N1CCCC(C(=O)N2CCN(C(=O)C3CC3)CC2)C1. The predicted molar refractivity (Wildman–Crippen MR) is 94.3 cm³/mol. The lowest BCUT2D eigenvalue weighted by molar-refractivity contribution is -0.143. The third kappa shape index (κ3) is 4.34. The van der Waals surface area contributed by atoms with E-state index in [0.717, 1.165) is 25.7 Å². The van der Waals surface area contributed by atoms with Gasteiger partial charge in [-0.2, -0.15) is 0 Å². The van der Waals surface area contributed by atoms with E-state index in [1.54, 1.807) is 0 Å². The molecule has 2 saturated heterocycles. The van der Waals surface area contributed by atoms with Crippen LogP contribution in [0.1, 0.15) is 39.0 Å². The molecule has 0 aromatic rings. The van der Waals surface area contributed by atoms with Crippen LogP contribution in [0.5, 0.6) is 0 Å². The molecule has 0 aromatic carbocycles. The van der Waals surface area contributed by atoms with Crippen molar-refractivity contribution in [2.24, 2.45) is 11.8 Å². The number of carbonyl (C=O) groups is 2. The summed E-state index contributed by atoms with van der Waals surface area (Å²) < 4.78 is 26.0. The Morgan fingerprint density at radius 3 is 1.96 bits per heavy atom. The first kappa shape index (κ1) is 18.6. The van der Waals surface area contributed by atoms with Crippen LogP contribution in [-0.2, 0) is 19.6 Å². The van der Waals surface area contributed by atoms with Crippen LogP contribution in [0.15, 0.2) is 0 Å². The fraction of sp³-hybridized carbons (Fsp3) is 0.882. The molecule has 25 heavy (non-hydrogen) atoms. The Balaban J connectivity index is 1.53. The van der Waals surface area contributed by atoms with Crippen LogP contribution < -0.4 is 0 Å². The van der Waals surface area contributed by atoms with Crippen LogP contribution in [0.25, 0.3) is 0 Å². The molecule has 7 nitrogen and oxygen atoms in total. The van der Waals surface area contributed by atoms with Gasteiger partial charge in [-0.15, -0.1) is 0 Å². The molecule has 1 aliphatic carbocycles. The van der Waals surface area contributed by atoms with Crippen molar-refractivity contribution in [2.75, 3.05) is 45.0 Å². The first-order chi connectivity index (χ1) is 11.9. The summed E-state index contributed by atoms with van der Waals surface area (Å²) in [6.07, 6.45) is 4.08. The van der Waals surface area contributed by atoms with Gasteiger partial charge < -0.3 is 9.80 Å². The summed E-state index contributed by atoms with van der Waals surface area (Å²) in [7, 11) is -3.24. The molecule has 1 saturated carbocycles. The summed E-state index contributed by atoms with van der Waals surface area (Å²) in [6, 6.07) is 0. The zero-order chi connectivity index (χ0) is 18.0. The first-order valence-electron chi connectivity index (χ1n) is 9.47. The van der Waals surface area contributed by atoms with E-state index >= 15 is 0 Å². The summed E-state index contributed by atoms with van der Waals surface area (Å²) in [5, 5.41) is 0. The average Bonchev–Trinajstić information content (AvgIpc) is 3.46. The lowest BCUT2D eigenvalue weighted by atomic mass is 9.97. The van der Waals surface area contributed by atoms with Crippen LogP contribution in [0.4, 0.5) is 0 Å². The number of amides is 2. The summed E-state index contributed by atoms with van der Waals surface area (Å²) in [5.41, 5.74) is 0. The second-order valence-electron chi connectivity index (χ2n) is 7.44. The van der Waals surface area contributed by atoms with Crippen LogP contribution >= 0.6 is 0 Å². The third-order valence-electron chi connectivity index (χ3n) is 5.42. The predicted octanol–water partition coefficient (Wildman–Crippen LogP) is 0.519. The number of piperidine rings is 1. The van der Waals surface area contributed by atoms with Gasteiger partial charge in [-0.3, -0.25) is 9.59 Å². The van der Waals surface area contributed by atoms with Crippen molar-refractivity contribution < 1.29 is 18.0 Å². The minimum Gasteiger partial charge on any atom is -0.339 e. The maximum atomic E-state index is 12.8. The van der Waals surface area contributed by atoms with Gasteiger partial charge in [-0.25, -0.2) is 12.7 Å². The van der Waals surface area contributed by atoms with Crippen molar-refractivity contribution in [3.63, 3.8) is 0 Å². The van der Waals surface area contributed by atoms with Gasteiger partial charge in [0.05, 0.1) is 11.7 Å². The second kappa shape index (κ2) is 7.61. The van der Waals surface area contributed by atoms with E-state index in [1.807, 2.05) is 16.7 Å². The molecule has 3 rings (SSSR count). The Hall–Kier alpha value is -1.15. The molecule has 0 aromatic heterocycles. The van der Waals surface area contributed by atoms with Gasteiger partial charge in [0, 0.05) is 45.2 Å². The molecule has 0 spiro atoms. The molecule has 1 atom stereocenters. The maximum Gasteiger partial charge on any atom is 0.227 e. The number of sulfonamides is 1. The smallest absolute Gasteiger partial charge is 0.227 e. The van der Waals surface area contributed by atoms with E-state index in [2.05, 4.69) is 0 Å². The van der Waals surface area contributed by atoms with Crippen molar-refractivity contribution in [3.05, 3.63) is 0 Å². The molecule has 8 heteroatoms. The fourth-order valence-corrected chi connectivity index (χ4v) is 5.37. The van der Waals surface area contributed by atoms with E-state index in [0.29, 0.717) is 45.7 Å². The molecule has 0 N–H and O–H groups in total. The molecule has 0 radical (unpaired) electrons. The Bertz CT molecular complexity index is 609. The zero-order valence-electron chi connectivity index (χ0n) is 15.0. The van der Waals surface area contributed by atoms with E-state index in [9.17, 15) is 18.0 Å². The van der Waals surface area contributed by atoms with Crippen molar-refractivity contribution in [3.8, 4) is 0 Å². The standard InChI is InChI=1S/C17H29N3O4S/c1-2-12-25(23,24)20-7-3-4-15(13-20)17(22)19-10-8-18(9-11-19)16(21)14-5-6-14/h14-15H,2-13H2,1H3. The van der Waals surface area contributed by atoms with Gasteiger partial charge >= 0.3 is 0 Å².